The maximum atomic E-state index is 12.2. The molecule has 0 radical (unpaired) electrons. The number of hydrogen-bond acceptors (Lipinski definition) is 3. The SMILES string of the molecule is CC(CN(CCN)S(C)(=O)=O)C(F)(F)F. The van der Waals surface area contributed by atoms with Crippen molar-refractivity contribution >= 4 is 10.0 Å². The molecule has 15 heavy (non-hydrogen) atoms. The quantitative estimate of drug-likeness (QED) is 0.766. The summed E-state index contributed by atoms with van der Waals surface area (Å²) < 4.78 is 59.5. The zero-order chi connectivity index (χ0) is 12.3. The minimum Gasteiger partial charge on any atom is -0.329 e. The molecule has 0 aromatic heterocycles. The van der Waals surface area contributed by atoms with E-state index < -0.39 is 28.7 Å². The van der Waals surface area contributed by atoms with Gasteiger partial charge in [-0.25, -0.2) is 12.7 Å². The van der Waals surface area contributed by atoms with Crippen LogP contribution in [-0.2, 0) is 10.0 Å². The van der Waals surface area contributed by atoms with Crippen molar-refractivity contribution in [3.8, 4) is 0 Å². The van der Waals surface area contributed by atoms with Gasteiger partial charge in [0.25, 0.3) is 0 Å². The second-order valence-corrected chi connectivity index (χ2v) is 5.33. The predicted octanol–water partition coefficient (Wildman–Crippen LogP) is 0.405. The summed E-state index contributed by atoms with van der Waals surface area (Å²) in [7, 11) is -3.63. The molecule has 0 aromatic rings. The Morgan fingerprint density at radius 1 is 1.40 bits per heavy atom. The van der Waals surface area contributed by atoms with E-state index in [2.05, 4.69) is 0 Å². The Morgan fingerprint density at radius 2 is 1.87 bits per heavy atom. The summed E-state index contributed by atoms with van der Waals surface area (Å²) in [6.07, 6.45) is -3.52. The molecule has 1 atom stereocenters. The van der Waals surface area contributed by atoms with E-state index >= 15 is 0 Å². The van der Waals surface area contributed by atoms with Crippen LogP contribution < -0.4 is 5.73 Å². The minimum absolute atomic E-state index is 0.00233. The van der Waals surface area contributed by atoms with Crippen molar-refractivity contribution in [1.82, 2.24) is 4.31 Å². The molecule has 0 aliphatic heterocycles. The van der Waals surface area contributed by atoms with Gasteiger partial charge in [0.15, 0.2) is 0 Å². The summed E-state index contributed by atoms with van der Waals surface area (Å²) >= 11 is 0. The number of halogens is 3. The Morgan fingerprint density at radius 3 is 2.13 bits per heavy atom. The third-order valence-corrected chi connectivity index (χ3v) is 3.15. The Labute approximate surface area is 87.3 Å². The highest BCUT2D eigenvalue weighted by Crippen LogP contribution is 2.26. The Balaban J connectivity index is 4.57. The van der Waals surface area contributed by atoms with Crippen molar-refractivity contribution < 1.29 is 21.6 Å². The van der Waals surface area contributed by atoms with Crippen molar-refractivity contribution in [3.05, 3.63) is 0 Å². The summed E-state index contributed by atoms with van der Waals surface area (Å²) in [5.74, 6) is -1.70. The standard InChI is InChI=1S/C7H15F3N2O2S/c1-6(7(8,9)10)5-12(4-3-11)15(2,13)14/h6H,3-5,11H2,1-2H3. The van der Waals surface area contributed by atoms with Gasteiger partial charge in [0.1, 0.15) is 0 Å². The van der Waals surface area contributed by atoms with E-state index in [0.717, 1.165) is 17.5 Å². The van der Waals surface area contributed by atoms with E-state index in [1.54, 1.807) is 0 Å². The number of alkyl halides is 3. The second-order valence-electron chi connectivity index (χ2n) is 3.35. The smallest absolute Gasteiger partial charge is 0.329 e. The molecule has 0 fully saturated rings. The van der Waals surface area contributed by atoms with Gasteiger partial charge >= 0.3 is 6.18 Å². The van der Waals surface area contributed by atoms with Gasteiger partial charge in [-0.3, -0.25) is 0 Å². The summed E-state index contributed by atoms with van der Waals surface area (Å²) in [6.45, 7) is 0.255. The van der Waals surface area contributed by atoms with Gasteiger partial charge in [-0.05, 0) is 0 Å². The van der Waals surface area contributed by atoms with Crippen molar-refractivity contribution in [1.29, 1.82) is 0 Å². The van der Waals surface area contributed by atoms with Gasteiger partial charge in [-0.1, -0.05) is 6.92 Å². The van der Waals surface area contributed by atoms with Crippen LogP contribution in [0, 0.1) is 5.92 Å². The van der Waals surface area contributed by atoms with Crippen LogP contribution in [0.15, 0.2) is 0 Å². The van der Waals surface area contributed by atoms with Crippen LogP contribution in [0.3, 0.4) is 0 Å². The zero-order valence-corrected chi connectivity index (χ0v) is 9.40. The van der Waals surface area contributed by atoms with E-state index in [1.807, 2.05) is 0 Å². The summed E-state index contributed by atoms with van der Waals surface area (Å²) in [5.41, 5.74) is 5.12. The molecule has 0 saturated heterocycles. The van der Waals surface area contributed by atoms with Crippen LogP contribution in [0.1, 0.15) is 6.92 Å². The molecule has 0 aromatic carbocycles. The number of hydrogen-bond donors (Lipinski definition) is 1. The van der Waals surface area contributed by atoms with Crippen molar-refractivity contribution in [2.45, 2.75) is 13.1 Å². The Hall–Kier alpha value is -0.340. The topological polar surface area (TPSA) is 63.4 Å². The first-order valence-corrected chi connectivity index (χ1v) is 6.15. The highest BCUT2D eigenvalue weighted by Gasteiger charge is 2.38. The van der Waals surface area contributed by atoms with Gasteiger partial charge in [-0.2, -0.15) is 13.2 Å². The number of sulfonamides is 1. The predicted molar refractivity (Wildman–Crippen MR) is 50.7 cm³/mol. The lowest BCUT2D eigenvalue weighted by Gasteiger charge is -2.24. The summed E-state index contributed by atoms with van der Waals surface area (Å²) in [5, 5.41) is 0. The molecular formula is C7H15F3N2O2S. The third kappa shape index (κ3) is 5.33. The fourth-order valence-corrected chi connectivity index (χ4v) is 1.88. The average molecular weight is 248 g/mol. The summed E-state index contributed by atoms with van der Waals surface area (Å²) in [6, 6.07) is 0. The molecule has 0 bridgehead atoms. The van der Waals surface area contributed by atoms with Crippen LogP contribution in [0.2, 0.25) is 0 Å². The van der Waals surface area contributed by atoms with Gasteiger partial charge < -0.3 is 5.73 Å². The fraction of sp³-hybridized carbons (Fsp3) is 1.00. The minimum atomic E-state index is -4.39. The van der Waals surface area contributed by atoms with Crippen molar-refractivity contribution in [2.24, 2.45) is 11.7 Å². The molecule has 2 N–H and O–H groups in total. The van der Waals surface area contributed by atoms with Crippen molar-refractivity contribution in [3.63, 3.8) is 0 Å². The molecule has 0 rings (SSSR count). The number of nitrogens with zero attached hydrogens (tertiary/aromatic N) is 1. The Kier molecular flexibility index (Phi) is 5.01. The molecule has 0 aliphatic carbocycles. The zero-order valence-electron chi connectivity index (χ0n) is 8.58. The number of rotatable bonds is 5. The molecule has 8 heteroatoms. The van der Waals surface area contributed by atoms with E-state index in [1.165, 1.54) is 0 Å². The van der Waals surface area contributed by atoms with Gasteiger partial charge in [0.05, 0.1) is 12.2 Å². The van der Waals surface area contributed by atoms with Crippen LogP contribution in [0.25, 0.3) is 0 Å². The molecule has 92 valence electrons. The van der Waals surface area contributed by atoms with Gasteiger partial charge in [0.2, 0.25) is 10.0 Å². The average Bonchev–Trinajstić information content (AvgIpc) is 1.99. The lowest BCUT2D eigenvalue weighted by atomic mass is 10.2. The molecular weight excluding hydrogens is 233 g/mol. The molecule has 0 amide bonds. The first-order valence-electron chi connectivity index (χ1n) is 4.31. The van der Waals surface area contributed by atoms with Gasteiger partial charge in [0, 0.05) is 19.6 Å². The maximum Gasteiger partial charge on any atom is 0.392 e. The monoisotopic (exact) mass is 248 g/mol. The highest BCUT2D eigenvalue weighted by atomic mass is 32.2. The fourth-order valence-electron chi connectivity index (χ4n) is 0.945. The first-order chi connectivity index (χ1) is 6.59. The van der Waals surface area contributed by atoms with Gasteiger partial charge in [-0.15, -0.1) is 0 Å². The van der Waals surface area contributed by atoms with E-state index in [0.29, 0.717) is 0 Å². The second kappa shape index (κ2) is 5.13. The number of nitrogens with two attached hydrogens (primary N) is 1. The van der Waals surface area contributed by atoms with E-state index in [-0.39, 0.29) is 13.1 Å². The first kappa shape index (κ1) is 14.7. The maximum absolute atomic E-state index is 12.2. The largest absolute Gasteiger partial charge is 0.392 e. The lowest BCUT2D eigenvalue weighted by molar-refractivity contribution is -0.171. The third-order valence-electron chi connectivity index (χ3n) is 1.88. The Bertz CT molecular complexity index is 289. The van der Waals surface area contributed by atoms with E-state index in [4.69, 9.17) is 5.73 Å². The molecule has 0 aliphatic rings. The molecule has 0 heterocycles. The molecule has 1 unspecified atom stereocenters. The normalized spacial score (nSPS) is 15.7. The molecule has 0 spiro atoms. The summed E-state index contributed by atoms with van der Waals surface area (Å²) in [4.78, 5) is 0. The highest BCUT2D eigenvalue weighted by molar-refractivity contribution is 7.88. The van der Waals surface area contributed by atoms with Crippen molar-refractivity contribution in [2.75, 3.05) is 25.9 Å². The van der Waals surface area contributed by atoms with Crippen LogP contribution >= 0.6 is 0 Å². The van der Waals surface area contributed by atoms with Crippen LogP contribution in [0.5, 0.6) is 0 Å². The van der Waals surface area contributed by atoms with Crippen LogP contribution in [-0.4, -0.2) is 44.8 Å². The molecule has 0 saturated carbocycles. The van der Waals surface area contributed by atoms with E-state index in [9.17, 15) is 21.6 Å². The lowest BCUT2D eigenvalue weighted by Crippen LogP contribution is -2.41. The molecule has 4 nitrogen and oxygen atoms in total. The van der Waals surface area contributed by atoms with Crippen LogP contribution in [0.4, 0.5) is 13.2 Å².